The van der Waals surface area contributed by atoms with Gasteiger partial charge in [-0.3, -0.25) is 13.9 Å². The minimum atomic E-state index is -4.26. The molecule has 0 aliphatic heterocycles. The van der Waals surface area contributed by atoms with Crippen LogP contribution in [0.25, 0.3) is 0 Å². The Morgan fingerprint density at radius 2 is 1.57 bits per heavy atom. The highest BCUT2D eigenvalue weighted by atomic mass is 79.9. The fraction of sp³-hybridized carbons (Fsp3) is 0.278. The van der Waals surface area contributed by atoms with Crippen LogP contribution in [0.3, 0.4) is 0 Å². The summed E-state index contributed by atoms with van der Waals surface area (Å²) in [6.45, 7) is 5.75. The van der Waals surface area contributed by atoms with Gasteiger partial charge in [-0.05, 0) is 66.4 Å². The first-order chi connectivity index (χ1) is 22.4. The summed E-state index contributed by atoms with van der Waals surface area (Å²) in [7, 11) is -2.80. The molecule has 0 fully saturated rings. The number of aryl methyl sites for hydroxylation is 1. The molecular weight excluding hydrogens is 702 g/mol. The van der Waals surface area contributed by atoms with Gasteiger partial charge in [-0.1, -0.05) is 102 Å². The zero-order valence-corrected chi connectivity index (χ0v) is 30.0. The summed E-state index contributed by atoms with van der Waals surface area (Å²) in [4.78, 5) is 30.0. The van der Waals surface area contributed by atoms with Crippen molar-refractivity contribution in [3.8, 4) is 5.75 Å². The highest BCUT2D eigenvalue weighted by Gasteiger charge is 2.35. The van der Waals surface area contributed by atoms with Crippen LogP contribution in [-0.2, 0) is 32.6 Å². The second kappa shape index (κ2) is 16.3. The quantitative estimate of drug-likeness (QED) is 0.150. The maximum absolute atomic E-state index is 14.6. The fourth-order valence-corrected chi connectivity index (χ4v) is 6.86. The summed E-state index contributed by atoms with van der Waals surface area (Å²) < 4.78 is 35.6. The highest BCUT2D eigenvalue weighted by Crippen LogP contribution is 2.32. The number of halogens is 2. The Labute approximate surface area is 290 Å². The van der Waals surface area contributed by atoms with Gasteiger partial charge in [-0.15, -0.1) is 0 Å². The number of ether oxygens (including phenoxy) is 1. The molecule has 0 bridgehead atoms. The Kier molecular flexibility index (Phi) is 12.5. The van der Waals surface area contributed by atoms with Gasteiger partial charge in [0.2, 0.25) is 11.8 Å². The summed E-state index contributed by atoms with van der Waals surface area (Å²) in [6.07, 6.45) is 0.228. The molecule has 0 aliphatic rings. The van der Waals surface area contributed by atoms with E-state index in [2.05, 4.69) is 21.2 Å². The molecule has 0 spiro atoms. The maximum Gasteiger partial charge on any atom is 0.264 e. The van der Waals surface area contributed by atoms with E-state index in [9.17, 15) is 18.0 Å². The van der Waals surface area contributed by atoms with Crippen molar-refractivity contribution in [2.45, 2.75) is 44.7 Å². The van der Waals surface area contributed by atoms with Crippen LogP contribution in [0.1, 0.15) is 30.5 Å². The number of rotatable bonds is 14. The second-order valence-electron chi connectivity index (χ2n) is 11.6. The minimum absolute atomic E-state index is 0.0119. The number of nitrogens with zero attached hydrogens (tertiary/aromatic N) is 2. The number of benzene rings is 4. The zero-order chi connectivity index (χ0) is 34.1. The molecule has 4 aromatic carbocycles. The van der Waals surface area contributed by atoms with Gasteiger partial charge in [0.15, 0.2) is 0 Å². The molecule has 4 aromatic rings. The number of hydrogen-bond donors (Lipinski definition) is 1. The molecule has 0 aromatic heterocycles. The van der Waals surface area contributed by atoms with E-state index in [0.717, 1.165) is 25.5 Å². The van der Waals surface area contributed by atoms with Crippen molar-refractivity contribution in [1.29, 1.82) is 0 Å². The topological polar surface area (TPSA) is 96.0 Å². The number of anilines is 1. The lowest BCUT2D eigenvalue weighted by Gasteiger charge is -2.34. The first-order valence-corrected chi connectivity index (χ1v) is 17.8. The third-order valence-electron chi connectivity index (χ3n) is 7.53. The van der Waals surface area contributed by atoms with Crippen molar-refractivity contribution < 1.29 is 22.7 Å². The Morgan fingerprint density at radius 3 is 2.17 bits per heavy atom. The molecule has 248 valence electrons. The summed E-state index contributed by atoms with van der Waals surface area (Å²) in [5, 5.41) is 3.18. The molecule has 8 nitrogen and oxygen atoms in total. The van der Waals surface area contributed by atoms with E-state index in [1.54, 1.807) is 24.3 Å². The lowest BCUT2D eigenvalue weighted by molar-refractivity contribution is -0.140. The van der Waals surface area contributed by atoms with Crippen LogP contribution >= 0.6 is 27.5 Å². The molecular formula is C36H39BrClN3O5S. The predicted octanol–water partition coefficient (Wildman–Crippen LogP) is 7.03. The summed E-state index contributed by atoms with van der Waals surface area (Å²) in [5.74, 6) is -0.345. The van der Waals surface area contributed by atoms with Crippen LogP contribution in [0.5, 0.6) is 5.75 Å². The number of methoxy groups -OCH3 is 1. The van der Waals surface area contributed by atoms with Gasteiger partial charge in [0.25, 0.3) is 10.0 Å². The van der Waals surface area contributed by atoms with Gasteiger partial charge in [0.1, 0.15) is 18.3 Å². The molecule has 11 heteroatoms. The van der Waals surface area contributed by atoms with E-state index in [-0.39, 0.29) is 40.4 Å². The SMILES string of the molecule is COc1ccc(N(CC(=O)N(Cc2ccc(Br)cc2)[C@@H](Cc2ccccc2)C(=O)NCC(C)C)S(=O)(=O)c2ccc(C)cc2)cc1Cl. The van der Waals surface area contributed by atoms with E-state index < -0.39 is 28.5 Å². The third kappa shape index (κ3) is 9.59. The van der Waals surface area contributed by atoms with Gasteiger partial charge >= 0.3 is 0 Å². The van der Waals surface area contributed by atoms with Crippen LogP contribution in [0.2, 0.25) is 5.02 Å². The number of nitrogens with one attached hydrogen (secondary N) is 1. The van der Waals surface area contributed by atoms with Gasteiger partial charge < -0.3 is 15.0 Å². The summed E-state index contributed by atoms with van der Waals surface area (Å²) in [6, 6.07) is 26.9. The van der Waals surface area contributed by atoms with Gasteiger partial charge in [0.05, 0.1) is 22.7 Å². The fourth-order valence-electron chi connectivity index (χ4n) is 4.94. The van der Waals surface area contributed by atoms with Crippen LogP contribution in [0.4, 0.5) is 5.69 Å². The number of amides is 2. The molecule has 2 amide bonds. The highest BCUT2D eigenvalue weighted by molar-refractivity contribution is 9.10. The first kappa shape index (κ1) is 36.0. The monoisotopic (exact) mass is 739 g/mol. The van der Waals surface area contributed by atoms with E-state index in [1.807, 2.05) is 75.4 Å². The zero-order valence-electron chi connectivity index (χ0n) is 26.8. The number of hydrogen-bond acceptors (Lipinski definition) is 5. The van der Waals surface area contributed by atoms with E-state index in [0.29, 0.717) is 12.3 Å². The summed E-state index contributed by atoms with van der Waals surface area (Å²) >= 11 is 9.91. The average molecular weight is 741 g/mol. The molecule has 4 rings (SSSR count). The minimum Gasteiger partial charge on any atom is -0.495 e. The molecule has 47 heavy (non-hydrogen) atoms. The van der Waals surface area contributed by atoms with Crippen molar-refractivity contribution in [2.24, 2.45) is 5.92 Å². The first-order valence-electron chi connectivity index (χ1n) is 15.2. The smallest absolute Gasteiger partial charge is 0.264 e. The van der Waals surface area contributed by atoms with Crippen molar-refractivity contribution >= 4 is 55.1 Å². The lowest BCUT2D eigenvalue weighted by Crippen LogP contribution is -2.53. The molecule has 0 aliphatic carbocycles. The Hall–Kier alpha value is -3.86. The molecule has 0 unspecified atom stereocenters. The standard InChI is InChI=1S/C36H39BrClN3O5S/c1-25(2)22-39-36(43)33(20-27-8-6-5-7-9-27)40(23-28-12-14-29(37)15-13-28)35(42)24-41(30-16-19-34(46-4)32(38)21-30)47(44,45)31-17-10-26(3)11-18-31/h5-19,21,25,33H,20,22-24H2,1-4H3,(H,39,43)/t33-/m0/s1. The van der Waals surface area contributed by atoms with E-state index in [1.165, 1.54) is 30.2 Å². The Bertz CT molecular complexity index is 1770. The van der Waals surface area contributed by atoms with E-state index in [4.69, 9.17) is 16.3 Å². The molecule has 0 saturated heterocycles. The van der Waals surface area contributed by atoms with Crippen LogP contribution in [-0.4, -0.2) is 51.4 Å². The average Bonchev–Trinajstić information content (AvgIpc) is 3.05. The normalized spacial score (nSPS) is 12.0. The van der Waals surface area contributed by atoms with Crippen molar-refractivity contribution in [1.82, 2.24) is 10.2 Å². The largest absolute Gasteiger partial charge is 0.495 e. The Morgan fingerprint density at radius 1 is 0.915 bits per heavy atom. The molecule has 1 atom stereocenters. The molecule has 0 heterocycles. The molecule has 1 N–H and O–H groups in total. The number of sulfonamides is 1. The number of carbonyl (C=O) groups excluding carboxylic acids is 2. The lowest BCUT2D eigenvalue weighted by atomic mass is 10.0. The Balaban J connectivity index is 1.82. The van der Waals surface area contributed by atoms with Crippen molar-refractivity contribution in [3.05, 3.63) is 123 Å². The predicted molar refractivity (Wildman–Crippen MR) is 190 cm³/mol. The second-order valence-corrected chi connectivity index (χ2v) is 14.8. The third-order valence-corrected chi connectivity index (χ3v) is 10.1. The van der Waals surface area contributed by atoms with Gasteiger partial charge in [0, 0.05) is 24.0 Å². The molecule has 0 radical (unpaired) electrons. The summed E-state index contributed by atoms with van der Waals surface area (Å²) in [5.41, 5.74) is 2.70. The van der Waals surface area contributed by atoms with E-state index >= 15 is 0 Å². The maximum atomic E-state index is 14.6. The van der Waals surface area contributed by atoms with Gasteiger partial charge in [-0.2, -0.15) is 0 Å². The van der Waals surface area contributed by atoms with Crippen molar-refractivity contribution in [2.75, 3.05) is 24.5 Å². The van der Waals surface area contributed by atoms with Crippen LogP contribution in [0, 0.1) is 12.8 Å². The molecule has 0 saturated carbocycles. The van der Waals surface area contributed by atoms with Crippen LogP contribution in [0.15, 0.2) is 106 Å². The van der Waals surface area contributed by atoms with Crippen LogP contribution < -0.4 is 14.4 Å². The number of carbonyl (C=O) groups is 2. The van der Waals surface area contributed by atoms with Gasteiger partial charge in [-0.25, -0.2) is 8.42 Å². The van der Waals surface area contributed by atoms with Crippen molar-refractivity contribution in [3.63, 3.8) is 0 Å².